The minimum atomic E-state index is 0.596. The molecule has 0 saturated carbocycles. The van der Waals surface area contributed by atoms with Crippen molar-refractivity contribution in [3.8, 4) is 11.3 Å². The summed E-state index contributed by atoms with van der Waals surface area (Å²) in [5.74, 6) is 0. The van der Waals surface area contributed by atoms with Gasteiger partial charge in [-0.3, -0.25) is 4.98 Å². The minimum absolute atomic E-state index is 0.596. The number of hydrogen-bond acceptors (Lipinski definition) is 4. The van der Waals surface area contributed by atoms with E-state index in [9.17, 15) is 0 Å². The van der Waals surface area contributed by atoms with Crippen LogP contribution >= 0.6 is 11.3 Å². The van der Waals surface area contributed by atoms with Gasteiger partial charge in [0.25, 0.3) is 0 Å². The fraction of sp³-hybridized carbons (Fsp3) is 0.111. The summed E-state index contributed by atoms with van der Waals surface area (Å²) in [6, 6.07) is 3.90. The van der Waals surface area contributed by atoms with Crippen molar-refractivity contribution >= 4 is 16.5 Å². The van der Waals surface area contributed by atoms with E-state index in [1.165, 1.54) is 11.3 Å². The van der Waals surface area contributed by atoms with E-state index in [0.29, 0.717) is 5.13 Å². The molecule has 0 amide bonds. The smallest absolute Gasteiger partial charge is 0.180 e. The van der Waals surface area contributed by atoms with Crippen LogP contribution in [0, 0.1) is 6.92 Å². The topological polar surface area (TPSA) is 51.8 Å². The van der Waals surface area contributed by atoms with Crippen molar-refractivity contribution in [2.75, 3.05) is 5.73 Å². The Morgan fingerprint density at radius 2 is 2.31 bits per heavy atom. The van der Waals surface area contributed by atoms with Crippen LogP contribution in [0.15, 0.2) is 23.7 Å². The summed E-state index contributed by atoms with van der Waals surface area (Å²) < 4.78 is 0. The van der Waals surface area contributed by atoms with Gasteiger partial charge in [0.2, 0.25) is 0 Å². The second kappa shape index (κ2) is 3.14. The quantitative estimate of drug-likeness (QED) is 0.751. The Bertz CT molecular complexity index is 422. The van der Waals surface area contributed by atoms with Gasteiger partial charge in [0, 0.05) is 22.8 Å². The zero-order valence-corrected chi connectivity index (χ0v) is 8.01. The molecule has 0 fully saturated rings. The van der Waals surface area contributed by atoms with Crippen molar-refractivity contribution < 1.29 is 0 Å². The Balaban J connectivity index is 2.52. The third-order valence-electron chi connectivity index (χ3n) is 1.80. The molecular formula is C9H9N3S. The van der Waals surface area contributed by atoms with E-state index < -0.39 is 0 Å². The predicted molar refractivity (Wildman–Crippen MR) is 54.5 cm³/mol. The molecule has 2 heterocycles. The number of pyridine rings is 1. The average molecular weight is 191 g/mol. The first kappa shape index (κ1) is 8.19. The lowest BCUT2D eigenvalue weighted by Gasteiger charge is -1.98. The van der Waals surface area contributed by atoms with Crippen LogP contribution < -0.4 is 5.73 Å². The molecule has 0 aliphatic carbocycles. The van der Waals surface area contributed by atoms with Gasteiger partial charge in [-0.05, 0) is 19.1 Å². The molecule has 0 unspecified atom stereocenters. The Kier molecular flexibility index (Phi) is 1.98. The molecule has 2 aromatic rings. The van der Waals surface area contributed by atoms with Crippen molar-refractivity contribution in [3.63, 3.8) is 0 Å². The van der Waals surface area contributed by atoms with Crippen LogP contribution in [0.3, 0.4) is 0 Å². The number of rotatable bonds is 1. The van der Waals surface area contributed by atoms with Crippen LogP contribution in [0.2, 0.25) is 0 Å². The molecule has 0 saturated heterocycles. The fourth-order valence-corrected chi connectivity index (χ4v) is 1.73. The van der Waals surface area contributed by atoms with Gasteiger partial charge in [-0.25, -0.2) is 4.98 Å². The zero-order chi connectivity index (χ0) is 9.26. The van der Waals surface area contributed by atoms with E-state index in [4.69, 9.17) is 5.73 Å². The van der Waals surface area contributed by atoms with Gasteiger partial charge in [-0.2, -0.15) is 0 Å². The molecule has 2 rings (SSSR count). The van der Waals surface area contributed by atoms with Crippen LogP contribution in [-0.4, -0.2) is 9.97 Å². The molecule has 2 aromatic heterocycles. The first-order chi connectivity index (χ1) is 6.27. The molecule has 0 aliphatic rings. The third-order valence-corrected chi connectivity index (χ3v) is 2.48. The number of thiazole rings is 1. The molecule has 0 bridgehead atoms. The monoisotopic (exact) mass is 191 g/mol. The van der Waals surface area contributed by atoms with Gasteiger partial charge in [0.05, 0.1) is 5.69 Å². The molecule has 0 spiro atoms. The summed E-state index contributed by atoms with van der Waals surface area (Å²) in [6.45, 7) is 1.96. The van der Waals surface area contributed by atoms with Crippen LogP contribution in [0.25, 0.3) is 11.3 Å². The first-order valence-corrected chi connectivity index (χ1v) is 4.78. The van der Waals surface area contributed by atoms with Gasteiger partial charge >= 0.3 is 0 Å². The minimum Gasteiger partial charge on any atom is -0.375 e. The fourth-order valence-electron chi connectivity index (χ4n) is 1.17. The Labute approximate surface area is 80.3 Å². The van der Waals surface area contributed by atoms with Crippen LogP contribution in [0.1, 0.15) is 5.69 Å². The molecular weight excluding hydrogens is 182 g/mol. The molecule has 0 atom stereocenters. The Hall–Kier alpha value is -1.42. The van der Waals surface area contributed by atoms with E-state index >= 15 is 0 Å². The average Bonchev–Trinajstić information content (AvgIpc) is 2.53. The number of aromatic nitrogens is 2. The maximum atomic E-state index is 5.55. The molecule has 0 radical (unpaired) electrons. The summed E-state index contributed by atoms with van der Waals surface area (Å²) in [6.07, 6.45) is 1.77. The lowest BCUT2D eigenvalue weighted by atomic mass is 10.1. The lowest BCUT2D eigenvalue weighted by Crippen LogP contribution is -1.87. The molecule has 4 heteroatoms. The number of nitrogens with zero attached hydrogens (tertiary/aromatic N) is 2. The maximum Gasteiger partial charge on any atom is 0.180 e. The van der Waals surface area contributed by atoms with Gasteiger partial charge in [0.15, 0.2) is 5.13 Å². The molecule has 0 aliphatic heterocycles. The highest BCUT2D eigenvalue weighted by molar-refractivity contribution is 7.13. The standard InChI is InChI=1S/C9H9N3S/c1-6-7(3-2-4-11-6)8-5-13-9(10)12-8/h2-5H,1H3,(H2,10,12). The van der Waals surface area contributed by atoms with Gasteiger partial charge in [-0.15, -0.1) is 11.3 Å². The maximum absolute atomic E-state index is 5.55. The van der Waals surface area contributed by atoms with Crippen molar-refractivity contribution in [3.05, 3.63) is 29.4 Å². The van der Waals surface area contributed by atoms with Crippen LogP contribution in [0.4, 0.5) is 5.13 Å². The van der Waals surface area contributed by atoms with Gasteiger partial charge < -0.3 is 5.73 Å². The summed E-state index contributed by atoms with van der Waals surface area (Å²) in [5, 5.41) is 2.54. The SMILES string of the molecule is Cc1ncccc1-c1csc(N)n1. The van der Waals surface area contributed by atoms with E-state index in [2.05, 4.69) is 9.97 Å². The van der Waals surface area contributed by atoms with Crippen LogP contribution in [0.5, 0.6) is 0 Å². The third kappa shape index (κ3) is 1.53. The summed E-state index contributed by atoms with van der Waals surface area (Å²) >= 11 is 1.45. The normalized spacial score (nSPS) is 10.2. The zero-order valence-electron chi connectivity index (χ0n) is 7.19. The number of aryl methyl sites for hydroxylation is 1. The molecule has 66 valence electrons. The summed E-state index contributed by atoms with van der Waals surface area (Å²) in [4.78, 5) is 8.39. The first-order valence-electron chi connectivity index (χ1n) is 3.90. The molecule has 0 aromatic carbocycles. The highest BCUT2D eigenvalue weighted by atomic mass is 32.1. The largest absolute Gasteiger partial charge is 0.375 e. The Morgan fingerprint density at radius 3 is 2.92 bits per heavy atom. The number of anilines is 1. The lowest BCUT2D eigenvalue weighted by molar-refractivity contribution is 1.19. The second-order valence-electron chi connectivity index (χ2n) is 2.71. The highest BCUT2D eigenvalue weighted by Crippen LogP contribution is 2.24. The number of hydrogen-bond donors (Lipinski definition) is 1. The highest BCUT2D eigenvalue weighted by Gasteiger charge is 2.04. The number of nitrogen functional groups attached to an aromatic ring is 1. The van der Waals surface area contributed by atoms with Gasteiger partial charge in [0.1, 0.15) is 0 Å². The summed E-state index contributed by atoms with van der Waals surface area (Å²) in [7, 11) is 0. The van der Waals surface area contributed by atoms with Gasteiger partial charge in [-0.1, -0.05) is 0 Å². The molecule has 2 N–H and O–H groups in total. The van der Waals surface area contributed by atoms with Crippen molar-refractivity contribution in [2.24, 2.45) is 0 Å². The molecule has 3 nitrogen and oxygen atoms in total. The number of nitrogens with two attached hydrogens (primary N) is 1. The molecule has 13 heavy (non-hydrogen) atoms. The van der Waals surface area contributed by atoms with E-state index in [-0.39, 0.29) is 0 Å². The predicted octanol–water partition coefficient (Wildman–Crippen LogP) is 2.10. The Morgan fingerprint density at radius 1 is 1.46 bits per heavy atom. The summed E-state index contributed by atoms with van der Waals surface area (Å²) in [5.41, 5.74) is 8.49. The van der Waals surface area contributed by atoms with E-state index in [1.807, 2.05) is 24.4 Å². The van der Waals surface area contributed by atoms with Crippen molar-refractivity contribution in [1.82, 2.24) is 9.97 Å². The second-order valence-corrected chi connectivity index (χ2v) is 3.60. The van der Waals surface area contributed by atoms with Crippen molar-refractivity contribution in [1.29, 1.82) is 0 Å². The van der Waals surface area contributed by atoms with Crippen molar-refractivity contribution in [2.45, 2.75) is 6.92 Å². The van der Waals surface area contributed by atoms with Crippen LogP contribution in [-0.2, 0) is 0 Å². The van der Waals surface area contributed by atoms with E-state index in [0.717, 1.165) is 17.0 Å². The van der Waals surface area contributed by atoms with E-state index in [1.54, 1.807) is 6.20 Å².